The number of para-hydroxylation sites is 1. The first kappa shape index (κ1) is 14.5. The third-order valence-corrected chi connectivity index (χ3v) is 3.63. The lowest BCUT2D eigenvalue weighted by Gasteiger charge is -2.30. The molecule has 1 N–H and O–H groups in total. The first-order valence-electron chi connectivity index (χ1n) is 7.41. The van der Waals surface area contributed by atoms with Crippen LogP contribution in [0.15, 0.2) is 42.5 Å². The highest BCUT2D eigenvalue weighted by Gasteiger charge is 2.18. The van der Waals surface area contributed by atoms with Gasteiger partial charge < -0.3 is 15.0 Å². The maximum atomic E-state index is 12.6. The maximum Gasteiger partial charge on any atom is 0.258 e. The van der Waals surface area contributed by atoms with Gasteiger partial charge in [-0.05, 0) is 31.2 Å². The molecule has 3 rings (SSSR count). The Hall–Kier alpha value is -2.40. The number of rotatable bonds is 3. The molecule has 0 atom stereocenters. The predicted molar refractivity (Wildman–Crippen MR) is 86.4 cm³/mol. The van der Waals surface area contributed by atoms with Crippen molar-refractivity contribution in [3.63, 3.8) is 0 Å². The number of hydrogen-bond donors (Lipinski definition) is 1. The average molecular weight is 297 g/mol. The van der Waals surface area contributed by atoms with Crippen molar-refractivity contribution >= 4 is 17.4 Å². The van der Waals surface area contributed by atoms with Gasteiger partial charge in [0.05, 0.1) is 18.8 Å². The first-order valence-corrected chi connectivity index (χ1v) is 7.41. The fraction of sp³-hybridized carbons (Fsp3) is 0.294. The molecule has 1 aromatic carbocycles. The van der Waals surface area contributed by atoms with E-state index in [0.717, 1.165) is 24.5 Å². The number of morpholine rings is 1. The highest BCUT2D eigenvalue weighted by molar-refractivity contribution is 6.07. The molecule has 22 heavy (non-hydrogen) atoms. The van der Waals surface area contributed by atoms with E-state index in [2.05, 4.69) is 15.2 Å². The topological polar surface area (TPSA) is 54.5 Å². The van der Waals surface area contributed by atoms with Gasteiger partial charge in [-0.1, -0.05) is 18.2 Å². The minimum Gasteiger partial charge on any atom is -0.378 e. The smallest absolute Gasteiger partial charge is 0.258 e. The van der Waals surface area contributed by atoms with Gasteiger partial charge in [-0.3, -0.25) is 4.79 Å². The van der Waals surface area contributed by atoms with Gasteiger partial charge in [0.2, 0.25) is 0 Å². The van der Waals surface area contributed by atoms with Crippen LogP contribution in [0.5, 0.6) is 0 Å². The number of pyridine rings is 1. The number of hydrogen-bond acceptors (Lipinski definition) is 4. The zero-order valence-electron chi connectivity index (χ0n) is 12.6. The van der Waals surface area contributed by atoms with Crippen molar-refractivity contribution in [2.75, 3.05) is 36.5 Å². The Kier molecular flexibility index (Phi) is 4.34. The summed E-state index contributed by atoms with van der Waals surface area (Å²) in [5.74, 6) is 0.432. The van der Waals surface area contributed by atoms with Crippen LogP contribution in [0.1, 0.15) is 16.1 Å². The summed E-state index contributed by atoms with van der Waals surface area (Å²) in [6.45, 7) is 4.88. The molecule has 1 aliphatic rings. The lowest BCUT2D eigenvalue weighted by molar-refractivity contribution is 0.102. The highest BCUT2D eigenvalue weighted by Crippen LogP contribution is 2.22. The average Bonchev–Trinajstić information content (AvgIpc) is 2.56. The monoisotopic (exact) mass is 297 g/mol. The standard InChI is InChI=1S/C17H19N3O2/c1-13-5-4-8-16(18-13)19-17(21)14-6-2-3-7-15(14)20-9-11-22-12-10-20/h2-8H,9-12H2,1H3,(H,18,19,21). The van der Waals surface area contributed by atoms with Gasteiger partial charge in [0.1, 0.15) is 5.82 Å². The molecule has 1 amide bonds. The van der Waals surface area contributed by atoms with Crippen LogP contribution in [0, 0.1) is 6.92 Å². The number of anilines is 2. The molecule has 0 bridgehead atoms. The molecule has 0 spiro atoms. The summed E-state index contributed by atoms with van der Waals surface area (Å²) in [5, 5.41) is 2.87. The van der Waals surface area contributed by atoms with E-state index in [-0.39, 0.29) is 5.91 Å². The van der Waals surface area contributed by atoms with Crippen molar-refractivity contribution in [1.82, 2.24) is 4.98 Å². The molecule has 0 radical (unpaired) electrons. The Morgan fingerprint density at radius 2 is 1.91 bits per heavy atom. The Balaban J connectivity index is 1.83. The summed E-state index contributed by atoms with van der Waals surface area (Å²) in [4.78, 5) is 19.1. The van der Waals surface area contributed by atoms with Crippen LogP contribution in [-0.2, 0) is 4.74 Å². The largest absolute Gasteiger partial charge is 0.378 e. The Bertz CT molecular complexity index is 666. The number of carbonyl (C=O) groups is 1. The molecule has 1 aromatic heterocycles. The molecule has 1 saturated heterocycles. The fourth-order valence-corrected chi connectivity index (χ4v) is 2.54. The molecular weight excluding hydrogens is 278 g/mol. The zero-order chi connectivity index (χ0) is 15.4. The molecule has 0 saturated carbocycles. The van der Waals surface area contributed by atoms with Crippen LogP contribution in [0.3, 0.4) is 0 Å². The van der Waals surface area contributed by atoms with E-state index >= 15 is 0 Å². The Labute approximate surface area is 129 Å². The van der Waals surface area contributed by atoms with Gasteiger partial charge in [0.25, 0.3) is 5.91 Å². The molecule has 5 nitrogen and oxygen atoms in total. The second-order valence-electron chi connectivity index (χ2n) is 5.23. The first-order chi connectivity index (χ1) is 10.7. The second-order valence-corrected chi connectivity index (χ2v) is 5.23. The molecule has 5 heteroatoms. The number of amides is 1. The van der Waals surface area contributed by atoms with E-state index < -0.39 is 0 Å². The van der Waals surface area contributed by atoms with Crippen LogP contribution >= 0.6 is 0 Å². The summed E-state index contributed by atoms with van der Waals surface area (Å²) >= 11 is 0. The van der Waals surface area contributed by atoms with Gasteiger partial charge in [0.15, 0.2) is 0 Å². The number of aryl methyl sites for hydroxylation is 1. The third kappa shape index (κ3) is 3.26. The maximum absolute atomic E-state index is 12.6. The van der Waals surface area contributed by atoms with Crippen LogP contribution in [0.4, 0.5) is 11.5 Å². The molecule has 1 fully saturated rings. The van der Waals surface area contributed by atoms with Crippen LogP contribution in [-0.4, -0.2) is 37.2 Å². The van der Waals surface area contributed by atoms with E-state index in [1.54, 1.807) is 6.07 Å². The second kappa shape index (κ2) is 6.58. The van der Waals surface area contributed by atoms with Crippen LogP contribution in [0.2, 0.25) is 0 Å². The summed E-state index contributed by atoms with van der Waals surface area (Å²) in [5.41, 5.74) is 2.47. The molecule has 1 aliphatic heterocycles. The minimum absolute atomic E-state index is 0.139. The lowest BCUT2D eigenvalue weighted by Crippen LogP contribution is -2.37. The van der Waals surface area contributed by atoms with Crippen molar-refractivity contribution in [2.24, 2.45) is 0 Å². The van der Waals surface area contributed by atoms with Gasteiger partial charge in [-0.25, -0.2) is 4.98 Å². The minimum atomic E-state index is -0.139. The normalized spacial score (nSPS) is 14.7. The highest BCUT2D eigenvalue weighted by atomic mass is 16.5. The zero-order valence-corrected chi connectivity index (χ0v) is 12.6. The molecule has 114 valence electrons. The number of ether oxygens (including phenoxy) is 1. The van der Waals surface area contributed by atoms with E-state index in [1.807, 2.05) is 43.3 Å². The Morgan fingerprint density at radius 3 is 2.68 bits per heavy atom. The van der Waals surface area contributed by atoms with Gasteiger partial charge in [-0.2, -0.15) is 0 Å². The number of carbonyl (C=O) groups excluding carboxylic acids is 1. The van der Waals surface area contributed by atoms with Crippen molar-refractivity contribution in [3.8, 4) is 0 Å². The molecule has 2 aromatic rings. The van der Waals surface area contributed by atoms with E-state index in [1.165, 1.54) is 0 Å². The molecular formula is C17H19N3O2. The SMILES string of the molecule is Cc1cccc(NC(=O)c2ccccc2N2CCOCC2)n1. The van der Waals surface area contributed by atoms with Crippen LogP contribution < -0.4 is 10.2 Å². The molecule has 2 heterocycles. The van der Waals surface area contributed by atoms with E-state index in [0.29, 0.717) is 24.6 Å². The van der Waals surface area contributed by atoms with Crippen molar-refractivity contribution in [1.29, 1.82) is 0 Å². The van der Waals surface area contributed by atoms with Crippen molar-refractivity contribution in [2.45, 2.75) is 6.92 Å². The molecule has 0 unspecified atom stereocenters. The van der Waals surface area contributed by atoms with E-state index in [4.69, 9.17) is 4.74 Å². The van der Waals surface area contributed by atoms with E-state index in [9.17, 15) is 4.79 Å². The van der Waals surface area contributed by atoms with Crippen LogP contribution in [0.25, 0.3) is 0 Å². The number of aromatic nitrogens is 1. The lowest BCUT2D eigenvalue weighted by atomic mass is 10.1. The third-order valence-electron chi connectivity index (χ3n) is 3.63. The summed E-state index contributed by atoms with van der Waals surface area (Å²) < 4.78 is 5.38. The summed E-state index contributed by atoms with van der Waals surface area (Å²) in [7, 11) is 0. The summed E-state index contributed by atoms with van der Waals surface area (Å²) in [6, 6.07) is 13.2. The van der Waals surface area contributed by atoms with Gasteiger partial charge in [0, 0.05) is 24.5 Å². The van der Waals surface area contributed by atoms with Crippen molar-refractivity contribution in [3.05, 3.63) is 53.7 Å². The quantitative estimate of drug-likeness (QED) is 0.945. The predicted octanol–water partition coefficient (Wildman–Crippen LogP) is 2.48. The fourth-order valence-electron chi connectivity index (χ4n) is 2.54. The number of nitrogens with one attached hydrogen (secondary N) is 1. The summed E-state index contributed by atoms with van der Waals surface area (Å²) in [6.07, 6.45) is 0. The number of nitrogens with zero attached hydrogens (tertiary/aromatic N) is 2. The Morgan fingerprint density at radius 1 is 1.14 bits per heavy atom. The van der Waals surface area contributed by atoms with Gasteiger partial charge >= 0.3 is 0 Å². The molecule has 0 aliphatic carbocycles. The number of benzene rings is 1. The van der Waals surface area contributed by atoms with Gasteiger partial charge in [-0.15, -0.1) is 0 Å². The van der Waals surface area contributed by atoms with Crippen molar-refractivity contribution < 1.29 is 9.53 Å².